The summed E-state index contributed by atoms with van der Waals surface area (Å²) < 4.78 is 5.75. The van der Waals surface area contributed by atoms with Gasteiger partial charge in [-0.15, -0.1) is 0 Å². The van der Waals surface area contributed by atoms with Crippen LogP contribution in [0.1, 0.15) is 46.5 Å². The van der Waals surface area contributed by atoms with Crippen molar-refractivity contribution in [1.29, 1.82) is 0 Å². The third kappa shape index (κ3) is 3.58. The molecule has 1 heterocycles. The maximum Gasteiger partial charge on any atom is 0.169 e. The van der Waals surface area contributed by atoms with Crippen LogP contribution in [0.3, 0.4) is 0 Å². The molecule has 2 fully saturated rings. The fourth-order valence-electron chi connectivity index (χ4n) is 3.12. The molecule has 3 nitrogen and oxygen atoms in total. The van der Waals surface area contributed by atoms with Gasteiger partial charge in [-0.25, -0.2) is 0 Å². The highest BCUT2D eigenvalue weighted by Gasteiger charge is 2.27. The largest absolute Gasteiger partial charge is 0.372 e. The van der Waals surface area contributed by atoms with E-state index in [-0.39, 0.29) is 12.2 Å². The number of rotatable bonds is 1. The first-order chi connectivity index (χ1) is 8.56. The van der Waals surface area contributed by atoms with Crippen molar-refractivity contribution in [3.8, 4) is 0 Å². The average molecular weight is 270 g/mol. The predicted molar refractivity (Wildman–Crippen MR) is 78.7 cm³/mol. The minimum atomic E-state index is 0.275. The van der Waals surface area contributed by atoms with Crippen LogP contribution in [0.5, 0.6) is 0 Å². The molecule has 1 saturated heterocycles. The number of hydrogen-bond donors (Lipinski definition) is 1. The topological polar surface area (TPSA) is 24.5 Å². The Hall–Kier alpha value is -0.350. The minimum absolute atomic E-state index is 0.275. The van der Waals surface area contributed by atoms with Crippen molar-refractivity contribution in [1.82, 2.24) is 10.2 Å². The van der Waals surface area contributed by atoms with Gasteiger partial charge in [-0.2, -0.15) is 0 Å². The monoisotopic (exact) mass is 270 g/mol. The normalized spacial score (nSPS) is 37.4. The Morgan fingerprint density at radius 3 is 2.33 bits per heavy atom. The Kier molecular flexibility index (Phi) is 4.84. The van der Waals surface area contributed by atoms with Gasteiger partial charge in [0.05, 0.1) is 12.2 Å². The molecule has 4 heteroatoms. The summed E-state index contributed by atoms with van der Waals surface area (Å²) in [5, 5.41) is 4.51. The predicted octanol–water partition coefficient (Wildman–Crippen LogP) is 2.55. The van der Waals surface area contributed by atoms with Gasteiger partial charge in [0.25, 0.3) is 0 Å². The third-order valence-corrected chi connectivity index (χ3v) is 4.50. The van der Waals surface area contributed by atoms with Crippen molar-refractivity contribution < 1.29 is 4.74 Å². The molecule has 104 valence electrons. The molecule has 0 amide bonds. The zero-order valence-electron chi connectivity index (χ0n) is 11.8. The first kappa shape index (κ1) is 14.1. The van der Waals surface area contributed by atoms with Gasteiger partial charge in [-0.05, 0) is 44.8 Å². The van der Waals surface area contributed by atoms with Crippen LogP contribution in [0.2, 0.25) is 0 Å². The van der Waals surface area contributed by atoms with Crippen molar-refractivity contribution >= 4 is 17.3 Å². The molecule has 0 aromatic heterocycles. The highest BCUT2D eigenvalue weighted by Crippen LogP contribution is 2.24. The Labute approximate surface area is 116 Å². The fourth-order valence-corrected chi connectivity index (χ4v) is 3.42. The molecule has 2 aliphatic rings. The molecule has 1 saturated carbocycles. The zero-order chi connectivity index (χ0) is 13.1. The molecular weight excluding hydrogens is 244 g/mol. The number of nitrogens with one attached hydrogen (secondary N) is 1. The fraction of sp³-hybridized carbons (Fsp3) is 0.929. The second-order valence-corrected chi connectivity index (χ2v) is 6.37. The maximum atomic E-state index is 5.75. The Bertz CT molecular complexity index is 288. The molecule has 0 radical (unpaired) electrons. The standard InChI is InChI=1S/C14H26N2OS/c1-10-6-4-5-7-13(10)15-14(18)16-8-11(2)17-12(3)9-16/h10-13H,4-9H2,1-3H3,(H,15,18)/t10-,11-,12+,13-/m1/s1. The van der Waals surface area contributed by atoms with Crippen molar-refractivity contribution in [2.75, 3.05) is 13.1 Å². The van der Waals surface area contributed by atoms with Crippen LogP contribution in [0, 0.1) is 5.92 Å². The first-order valence-electron chi connectivity index (χ1n) is 7.27. The quantitative estimate of drug-likeness (QED) is 0.740. The van der Waals surface area contributed by atoms with Crippen molar-refractivity contribution in [3.05, 3.63) is 0 Å². The summed E-state index contributed by atoms with van der Waals surface area (Å²) in [5.74, 6) is 0.743. The van der Waals surface area contributed by atoms with E-state index in [1.54, 1.807) is 0 Å². The van der Waals surface area contributed by atoms with Crippen molar-refractivity contribution in [2.24, 2.45) is 5.92 Å². The molecule has 18 heavy (non-hydrogen) atoms. The van der Waals surface area contributed by atoms with E-state index in [2.05, 4.69) is 31.0 Å². The Morgan fingerprint density at radius 2 is 1.72 bits per heavy atom. The van der Waals surface area contributed by atoms with Crippen molar-refractivity contribution in [3.63, 3.8) is 0 Å². The van der Waals surface area contributed by atoms with Gasteiger partial charge in [0.1, 0.15) is 0 Å². The van der Waals surface area contributed by atoms with Gasteiger partial charge < -0.3 is 15.0 Å². The van der Waals surface area contributed by atoms with Gasteiger partial charge in [0.2, 0.25) is 0 Å². The zero-order valence-corrected chi connectivity index (χ0v) is 12.6. The lowest BCUT2D eigenvalue weighted by Gasteiger charge is -2.39. The van der Waals surface area contributed by atoms with Gasteiger partial charge in [0.15, 0.2) is 5.11 Å². The van der Waals surface area contributed by atoms with E-state index >= 15 is 0 Å². The average Bonchev–Trinajstić information content (AvgIpc) is 2.31. The second kappa shape index (κ2) is 6.20. The summed E-state index contributed by atoms with van der Waals surface area (Å²) in [6.07, 6.45) is 5.85. The molecule has 4 atom stereocenters. The van der Waals surface area contributed by atoms with Crippen LogP contribution >= 0.6 is 12.2 Å². The van der Waals surface area contributed by atoms with Crippen molar-refractivity contribution in [2.45, 2.75) is 64.7 Å². The van der Waals surface area contributed by atoms with Crippen LogP contribution in [-0.4, -0.2) is 41.4 Å². The molecule has 0 bridgehead atoms. The second-order valence-electron chi connectivity index (χ2n) is 5.98. The SMILES string of the molecule is C[C@@H]1CN(C(=S)N[C@@H]2CCCC[C@H]2C)C[C@H](C)O1. The van der Waals surface area contributed by atoms with E-state index in [4.69, 9.17) is 17.0 Å². The number of morpholine rings is 1. The third-order valence-electron chi connectivity index (χ3n) is 4.13. The summed E-state index contributed by atoms with van der Waals surface area (Å²) in [4.78, 5) is 2.27. The maximum absolute atomic E-state index is 5.75. The molecule has 0 aromatic rings. The summed E-state index contributed by atoms with van der Waals surface area (Å²) in [5.41, 5.74) is 0. The summed E-state index contributed by atoms with van der Waals surface area (Å²) in [7, 11) is 0. The number of ether oxygens (including phenoxy) is 1. The summed E-state index contributed by atoms with van der Waals surface area (Å²) >= 11 is 5.57. The van der Waals surface area contributed by atoms with E-state index in [1.165, 1.54) is 25.7 Å². The summed E-state index contributed by atoms with van der Waals surface area (Å²) in [6.45, 7) is 8.40. The Balaban J connectivity index is 1.86. The van der Waals surface area contributed by atoms with E-state index in [1.807, 2.05) is 0 Å². The molecule has 1 N–H and O–H groups in total. The first-order valence-corrected chi connectivity index (χ1v) is 7.68. The van der Waals surface area contributed by atoms with Crippen LogP contribution in [-0.2, 0) is 4.74 Å². The van der Waals surface area contributed by atoms with Crippen LogP contribution in [0.15, 0.2) is 0 Å². The molecule has 0 spiro atoms. The molecule has 1 aliphatic heterocycles. The molecule has 0 aromatic carbocycles. The van der Waals surface area contributed by atoms with E-state index in [9.17, 15) is 0 Å². The van der Waals surface area contributed by atoms with E-state index < -0.39 is 0 Å². The number of hydrogen-bond acceptors (Lipinski definition) is 2. The van der Waals surface area contributed by atoms with Gasteiger partial charge >= 0.3 is 0 Å². The highest BCUT2D eigenvalue weighted by atomic mass is 32.1. The van der Waals surface area contributed by atoms with E-state index in [0.717, 1.165) is 24.1 Å². The smallest absolute Gasteiger partial charge is 0.169 e. The molecular formula is C14H26N2OS. The van der Waals surface area contributed by atoms with Gasteiger partial charge in [0, 0.05) is 19.1 Å². The molecule has 1 aliphatic carbocycles. The minimum Gasteiger partial charge on any atom is -0.372 e. The van der Waals surface area contributed by atoms with Gasteiger partial charge in [-0.1, -0.05) is 19.8 Å². The number of nitrogens with zero attached hydrogens (tertiary/aromatic N) is 1. The van der Waals surface area contributed by atoms with Crippen LogP contribution < -0.4 is 5.32 Å². The molecule has 0 unspecified atom stereocenters. The highest BCUT2D eigenvalue weighted by molar-refractivity contribution is 7.80. The lowest BCUT2D eigenvalue weighted by Crippen LogP contribution is -2.54. The lowest BCUT2D eigenvalue weighted by atomic mass is 9.86. The summed E-state index contributed by atoms with van der Waals surface area (Å²) in [6, 6.07) is 0.569. The van der Waals surface area contributed by atoms with E-state index in [0.29, 0.717) is 6.04 Å². The Morgan fingerprint density at radius 1 is 1.11 bits per heavy atom. The number of thiocarbonyl (C=S) groups is 1. The van der Waals surface area contributed by atoms with Crippen LogP contribution in [0.4, 0.5) is 0 Å². The lowest BCUT2D eigenvalue weighted by molar-refractivity contribution is -0.0484. The molecule has 2 rings (SSSR count). The van der Waals surface area contributed by atoms with Crippen LogP contribution in [0.25, 0.3) is 0 Å². The van der Waals surface area contributed by atoms with Gasteiger partial charge in [-0.3, -0.25) is 0 Å².